The molecule has 156 valence electrons. The van der Waals surface area contributed by atoms with Gasteiger partial charge in [-0.05, 0) is 31.7 Å². The molecule has 7 nitrogen and oxygen atoms in total. The van der Waals surface area contributed by atoms with E-state index in [0.717, 1.165) is 42.8 Å². The summed E-state index contributed by atoms with van der Waals surface area (Å²) in [4.78, 5) is 27.4. The van der Waals surface area contributed by atoms with Crippen LogP contribution in [-0.2, 0) is 18.3 Å². The molecule has 1 aliphatic carbocycles. The summed E-state index contributed by atoms with van der Waals surface area (Å²) < 4.78 is 8.80. The maximum Gasteiger partial charge on any atom is 0.345 e. The third-order valence-corrected chi connectivity index (χ3v) is 6.42. The van der Waals surface area contributed by atoms with Gasteiger partial charge in [0.05, 0.1) is 13.5 Å². The van der Waals surface area contributed by atoms with E-state index in [-0.39, 0.29) is 23.6 Å². The van der Waals surface area contributed by atoms with Gasteiger partial charge in [-0.25, -0.2) is 9.48 Å². The monoisotopic (exact) mass is 398 g/mol. The summed E-state index contributed by atoms with van der Waals surface area (Å²) in [5, 5.41) is 4.59. The highest BCUT2D eigenvalue weighted by atomic mass is 16.5. The van der Waals surface area contributed by atoms with Crippen LogP contribution in [0.5, 0.6) is 5.75 Å². The van der Waals surface area contributed by atoms with E-state index in [1.807, 2.05) is 33.7 Å². The minimum Gasteiger partial charge on any atom is -0.496 e. The van der Waals surface area contributed by atoms with Crippen LogP contribution in [0.1, 0.15) is 61.9 Å². The zero-order chi connectivity index (χ0) is 20.4. The molecule has 0 spiro atoms. The third-order valence-electron chi connectivity index (χ3n) is 6.42. The van der Waals surface area contributed by atoms with Crippen LogP contribution >= 0.6 is 0 Å². The zero-order valence-electron chi connectivity index (χ0n) is 17.3. The predicted molar refractivity (Wildman–Crippen MR) is 110 cm³/mol. The number of likely N-dealkylation sites (tertiary alicyclic amines) is 1. The maximum atomic E-state index is 12.8. The van der Waals surface area contributed by atoms with Crippen molar-refractivity contribution in [2.45, 2.75) is 56.9 Å². The van der Waals surface area contributed by atoms with E-state index >= 15 is 0 Å². The molecule has 1 saturated carbocycles. The lowest BCUT2D eigenvalue weighted by molar-refractivity contribution is -0.131. The molecule has 1 aromatic carbocycles. The molecule has 2 heterocycles. The zero-order valence-corrected chi connectivity index (χ0v) is 17.3. The Labute approximate surface area is 171 Å². The highest BCUT2D eigenvalue weighted by Crippen LogP contribution is 2.33. The molecule has 2 aliphatic rings. The van der Waals surface area contributed by atoms with Crippen LogP contribution in [0.15, 0.2) is 29.1 Å². The lowest BCUT2D eigenvalue weighted by atomic mass is 9.95. The number of benzene rings is 1. The Bertz CT molecular complexity index is 918. The summed E-state index contributed by atoms with van der Waals surface area (Å²) in [6.07, 6.45) is 6.54. The highest BCUT2D eigenvalue weighted by molar-refractivity contribution is 5.79. The quantitative estimate of drug-likeness (QED) is 0.776. The number of nitrogens with zero attached hydrogens (tertiary/aromatic N) is 4. The van der Waals surface area contributed by atoms with E-state index in [1.165, 1.54) is 17.5 Å². The van der Waals surface area contributed by atoms with E-state index in [9.17, 15) is 9.59 Å². The number of amides is 1. The normalized spacial score (nSPS) is 18.3. The second kappa shape index (κ2) is 8.43. The molecule has 2 aromatic rings. The number of para-hydroxylation sites is 1. The fraction of sp³-hybridized carbons (Fsp3) is 0.591. The van der Waals surface area contributed by atoms with Gasteiger partial charge in [-0.2, -0.15) is 5.10 Å². The number of rotatable bonds is 5. The number of piperidine rings is 1. The molecule has 4 rings (SSSR count). The highest BCUT2D eigenvalue weighted by Gasteiger charge is 2.31. The minimum atomic E-state index is 0.00146. The summed E-state index contributed by atoms with van der Waals surface area (Å²) >= 11 is 0. The number of carbonyl (C=O) groups excluding carboxylic acids is 1. The Balaban J connectivity index is 1.43. The van der Waals surface area contributed by atoms with E-state index in [0.29, 0.717) is 19.5 Å². The van der Waals surface area contributed by atoms with Gasteiger partial charge in [0.25, 0.3) is 0 Å². The maximum absolute atomic E-state index is 12.8. The fourth-order valence-electron chi connectivity index (χ4n) is 4.79. The molecule has 7 heteroatoms. The van der Waals surface area contributed by atoms with Gasteiger partial charge in [0.15, 0.2) is 0 Å². The molecular formula is C22H30N4O3. The number of carbonyl (C=O) groups is 1. The second-order valence-electron chi connectivity index (χ2n) is 8.22. The van der Waals surface area contributed by atoms with Crippen LogP contribution in [0.25, 0.3) is 0 Å². The van der Waals surface area contributed by atoms with Crippen LogP contribution in [0.4, 0.5) is 0 Å². The van der Waals surface area contributed by atoms with E-state index < -0.39 is 0 Å². The van der Waals surface area contributed by atoms with Gasteiger partial charge in [-0.1, -0.05) is 31.0 Å². The third kappa shape index (κ3) is 3.95. The van der Waals surface area contributed by atoms with Crippen LogP contribution in [0.2, 0.25) is 0 Å². The van der Waals surface area contributed by atoms with Crippen molar-refractivity contribution < 1.29 is 9.53 Å². The van der Waals surface area contributed by atoms with E-state index in [2.05, 4.69) is 5.10 Å². The number of ether oxygens (including phenoxy) is 1. The smallest absolute Gasteiger partial charge is 0.345 e. The fourth-order valence-corrected chi connectivity index (χ4v) is 4.79. The average molecular weight is 399 g/mol. The molecular weight excluding hydrogens is 368 g/mol. The lowest BCUT2D eigenvalue weighted by Gasteiger charge is -2.32. The first kappa shape index (κ1) is 19.7. The molecule has 0 atom stereocenters. The lowest BCUT2D eigenvalue weighted by Crippen LogP contribution is -2.39. The molecule has 2 fully saturated rings. The molecule has 1 aliphatic heterocycles. The molecule has 1 saturated heterocycles. The Hall–Kier alpha value is -2.57. The van der Waals surface area contributed by atoms with Crippen molar-refractivity contribution in [3.63, 3.8) is 0 Å². The summed E-state index contributed by atoms with van der Waals surface area (Å²) in [5.41, 5.74) is 0.920. The second-order valence-corrected chi connectivity index (χ2v) is 8.22. The Kier molecular flexibility index (Phi) is 5.74. The standard InChI is InChI=1S/C22H30N4O3/c1-24-22(28)26(18-8-4-5-9-18)21(23-24)16-11-13-25(14-12-16)20(27)15-17-7-3-6-10-19(17)29-2/h3,6-7,10,16,18H,4-5,8-9,11-15H2,1-2H3. The largest absolute Gasteiger partial charge is 0.496 e. The van der Waals surface area contributed by atoms with Gasteiger partial charge in [0.1, 0.15) is 11.6 Å². The Morgan fingerprint density at radius 2 is 1.83 bits per heavy atom. The van der Waals surface area contributed by atoms with Crippen molar-refractivity contribution in [1.29, 1.82) is 0 Å². The van der Waals surface area contributed by atoms with Crippen molar-refractivity contribution >= 4 is 5.91 Å². The van der Waals surface area contributed by atoms with E-state index in [1.54, 1.807) is 14.2 Å². The summed E-state index contributed by atoms with van der Waals surface area (Å²) in [5.74, 6) is 2.04. The van der Waals surface area contributed by atoms with Crippen LogP contribution in [0.3, 0.4) is 0 Å². The van der Waals surface area contributed by atoms with Crippen molar-refractivity contribution in [2.24, 2.45) is 7.05 Å². The van der Waals surface area contributed by atoms with Crippen molar-refractivity contribution in [3.05, 3.63) is 46.1 Å². The van der Waals surface area contributed by atoms with Crippen molar-refractivity contribution in [2.75, 3.05) is 20.2 Å². The van der Waals surface area contributed by atoms with Gasteiger partial charge in [0, 0.05) is 37.7 Å². The Morgan fingerprint density at radius 1 is 1.14 bits per heavy atom. The van der Waals surface area contributed by atoms with Crippen LogP contribution < -0.4 is 10.4 Å². The molecule has 1 amide bonds. The number of methoxy groups -OCH3 is 1. The molecule has 0 N–H and O–H groups in total. The van der Waals surface area contributed by atoms with Gasteiger partial charge >= 0.3 is 5.69 Å². The molecule has 1 aromatic heterocycles. The number of hydrogen-bond donors (Lipinski definition) is 0. The molecule has 29 heavy (non-hydrogen) atoms. The first-order chi connectivity index (χ1) is 14.1. The number of hydrogen-bond acceptors (Lipinski definition) is 4. The van der Waals surface area contributed by atoms with Crippen LogP contribution in [0, 0.1) is 0 Å². The first-order valence-corrected chi connectivity index (χ1v) is 10.6. The molecule has 0 unspecified atom stereocenters. The van der Waals surface area contributed by atoms with Gasteiger partial charge in [0.2, 0.25) is 5.91 Å². The average Bonchev–Trinajstić information content (AvgIpc) is 3.37. The summed E-state index contributed by atoms with van der Waals surface area (Å²) in [6, 6.07) is 7.96. The SMILES string of the molecule is COc1ccccc1CC(=O)N1CCC(c2nn(C)c(=O)n2C2CCCC2)CC1. The van der Waals surface area contributed by atoms with Gasteiger partial charge < -0.3 is 9.64 Å². The molecule has 0 radical (unpaired) electrons. The molecule has 0 bridgehead atoms. The number of aryl methyl sites for hydroxylation is 1. The first-order valence-electron chi connectivity index (χ1n) is 10.6. The van der Waals surface area contributed by atoms with Crippen molar-refractivity contribution in [1.82, 2.24) is 19.2 Å². The summed E-state index contributed by atoms with van der Waals surface area (Å²) in [7, 11) is 3.37. The predicted octanol–water partition coefficient (Wildman–Crippen LogP) is 2.65. The van der Waals surface area contributed by atoms with Gasteiger partial charge in [-0.15, -0.1) is 0 Å². The minimum absolute atomic E-state index is 0.00146. The van der Waals surface area contributed by atoms with E-state index in [4.69, 9.17) is 4.74 Å². The van der Waals surface area contributed by atoms with Gasteiger partial charge in [-0.3, -0.25) is 9.36 Å². The Morgan fingerprint density at radius 3 is 2.52 bits per heavy atom. The topological polar surface area (TPSA) is 69.4 Å². The number of aromatic nitrogens is 3. The van der Waals surface area contributed by atoms with Crippen molar-refractivity contribution in [3.8, 4) is 5.75 Å². The van der Waals surface area contributed by atoms with Crippen LogP contribution in [-0.4, -0.2) is 45.4 Å². The summed E-state index contributed by atoms with van der Waals surface area (Å²) in [6.45, 7) is 1.40.